The summed E-state index contributed by atoms with van der Waals surface area (Å²) in [5, 5.41) is 3.20. The minimum atomic E-state index is -0.0300. The molecule has 3 heteroatoms. The predicted molar refractivity (Wildman–Crippen MR) is 118 cm³/mol. The number of benzene rings is 2. The standard InChI is InChI=1S/C26H26N2O/c1-16-8-10-17(11-9-16)26(29)27-20-12-23-21-6-2-4-18(21)14-28-15-19-5-3-7-22(19)24(13-20)25(23)28/h2-3,6-13,18-19,21-22H,4-5,14-15H2,1H3,(H,27,29)/t18-,19+,21-,22-/m0/s1. The molecule has 2 heterocycles. The monoisotopic (exact) mass is 382 g/mol. The number of carbonyl (C=O) groups excluding carboxylic acids is 1. The van der Waals surface area contributed by atoms with Crippen molar-refractivity contribution < 1.29 is 4.79 Å². The number of nitrogens with one attached hydrogen (secondary N) is 1. The molecule has 4 atom stereocenters. The Kier molecular flexibility index (Phi) is 3.74. The summed E-state index contributed by atoms with van der Waals surface area (Å²) >= 11 is 0. The van der Waals surface area contributed by atoms with Crippen LogP contribution in [-0.2, 0) is 0 Å². The molecule has 4 aliphatic rings. The summed E-state index contributed by atoms with van der Waals surface area (Å²) in [7, 11) is 0. The van der Waals surface area contributed by atoms with E-state index >= 15 is 0 Å². The quantitative estimate of drug-likeness (QED) is 0.705. The minimum absolute atomic E-state index is 0.0300. The predicted octanol–water partition coefficient (Wildman–Crippen LogP) is 5.40. The number of allylic oxidation sites excluding steroid dienone is 4. The van der Waals surface area contributed by atoms with E-state index in [9.17, 15) is 4.79 Å². The van der Waals surface area contributed by atoms with Gasteiger partial charge in [-0.3, -0.25) is 4.79 Å². The van der Waals surface area contributed by atoms with Crippen LogP contribution in [-0.4, -0.2) is 19.0 Å². The zero-order valence-electron chi connectivity index (χ0n) is 16.8. The molecular formula is C26H26N2O. The highest BCUT2D eigenvalue weighted by atomic mass is 16.1. The number of hydrogen-bond donors (Lipinski definition) is 1. The molecular weight excluding hydrogens is 356 g/mol. The van der Waals surface area contributed by atoms with E-state index in [1.54, 1.807) is 0 Å². The maximum atomic E-state index is 12.9. The van der Waals surface area contributed by atoms with E-state index in [2.05, 4.69) is 46.7 Å². The molecule has 0 fully saturated rings. The highest BCUT2D eigenvalue weighted by Crippen LogP contribution is 2.53. The molecule has 0 saturated heterocycles. The Morgan fingerprint density at radius 3 is 2.10 bits per heavy atom. The average Bonchev–Trinajstić information content (AvgIpc) is 3.38. The summed E-state index contributed by atoms with van der Waals surface area (Å²) in [5.41, 5.74) is 7.07. The topological polar surface area (TPSA) is 32.3 Å². The Balaban J connectivity index is 1.43. The molecule has 1 amide bonds. The molecule has 0 radical (unpaired) electrons. The third-order valence-electron chi connectivity index (χ3n) is 7.26. The van der Waals surface area contributed by atoms with Gasteiger partial charge in [0.15, 0.2) is 0 Å². The summed E-state index contributed by atoms with van der Waals surface area (Å²) in [5.74, 6) is 2.28. The summed E-state index contributed by atoms with van der Waals surface area (Å²) in [4.78, 5) is 15.5. The van der Waals surface area contributed by atoms with Crippen LogP contribution in [0.2, 0.25) is 0 Å². The highest BCUT2D eigenvalue weighted by molar-refractivity contribution is 6.04. The first-order chi connectivity index (χ1) is 14.2. The van der Waals surface area contributed by atoms with Gasteiger partial charge < -0.3 is 10.2 Å². The second-order valence-electron chi connectivity index (χ2n) is 9.13. The molecule has 1 N–H and O–H groups in total. The maximum absolute atomic E-state index is 12.9. The van der Waals surface area contributed by atoms with Gasteiger partial charge in [-0.05, 0) is 67.0 Å². The third-order valence-corrected chi connectivity index (χ3v) is 7.26. The number of anilines is 2. The van der Waals surface area contributed by atoms with Gasteiger partial charge in [0.1, 0.15) is 0 Å². The Labute approximate surface area is 172 Å². The Bertz CT molecular complexity index is 998. The first-order valence-corrected chi connectivity index (χ1v) is 10.8. The Hall–Kier alpha value is -2.81. The molecule has 3 nitrogen and oxygen atoms in total. The van der Waals surface area contributed by atoms with E-state index in [1.165, 1.54) is 29.7 Å². The van der Waals surface area contributed by atoms with Gasteiger partial charge in [-0.2, -0.15) is 0 Å². The molecule has 2 aromatic carbocycles. The van der Waals surface area contributed by atoms with Crippen molar-refractivity contribution in [3.8, 4) is 0 Å². The number of nitrogens with zero attached hydrogens (tertiary/aromatic N) is 1. The normalized spacial score (nSPS) is 28.1. The van der Waals surface area contributed by atoms with Gasteiger partial charge in [-0.15, -0.1) is 0 Å². The largest absolute Gasteiger partial charge is 0.370 e. The van der Waals surface area contributed by atoms with Crippen LogP contribution in [0.5, 0.6) is 0 Å². The SMILES string of the molecule is Cc1ccc(C(=O)Nc2cc3c4c(c2)[C@H]2C=CC[C@H]2CN4C[C@H]2CC=C[C@H]32)cc1. The number of hydrogen-bond acceptors (Lipinski definition) is 2. The number of carbonyl (C=O) groups is 1. The van der Waals surface area contributed by atoms with Crippen LogP contribution in [0.15, 0.2) is 60.7 Å². The summed E-state index contributed by atoms with van der Waals surface area (Å²) in [6.45, 7) is 4.37. The summed E-state index contributed by atoms with van der Waals surface area (Å²) in [6.07, 6.45) is 11.8. The number of rotatable bonds is 2. The molecule has 2 aromatic rings. The van der Waals surface area contributed by atoms with E-state index in [1.807, 2.05) is 31.2 Å². The van der Waals surface area contributed by atoms with Crippen molar-refractivity contribution >= 4 is 17.3 Å². The lowest BCUT2D eigenvalue weighted by Crippen LogP contribution is -2.43. The third kappa shape index (κ3) is 2.67. The molecule has 0 spiro atoms. The lowest BCUT2D eigenvalue weighted by atomic mass is 9.75. The number of aryl methyl sites for hydroxylation is 1. The van der Waals surface area contributed by atoms with E-state index in [-0.39, 0.29) is 5.91 Å². The average molecular weight is 383 g/mol. The molecule has 2 aliphatic carbocycles. The molecule has 0 bridgehead atoms. The zero-order chi connectivity index (χ0) is 19.5. The van der Waals surface area contributed by atoms with E-state index < -0.39 is 0 Å². The fourth-order valence-electron chi connectivity index (χ4n) is 5.86. The molecule has 146 valence electrons. The van der Waals surface area contributed by atoms with Crippen LogP contribution in [0.25, 0.3) is 0 Å². The van der Waals surface area contributed by atoms with Crippen molar-refractivity contribution in [2.45, 2.75) is 31.6 Å². The van der Waals surface area contributed by atoms with Crippen molar-refractivity contribution in [2.24, 2.45) is 11.8 Å². The molecule has 0 aromatic heterocycles. The van der Waals surface area contributed by atoms with Crippen molar-refractivity contribution in [3.05, 3.63) is 83.0 Å². The first-order valence-electron chi connectivity index (χ1n) is 10.8. The molecule has 6 rings (SSSR count). The van der Waals surface area contributed by atoms with Crippen LogP contribution in [0.4, 0.5) is 11.4 Å². The first kappa shape index (κ1) is 17.1. The van der Waals surface area contributed by atoms with Crippen LogP contribution in [0.1, 0.15) is 51.7 Å². The maximum Gasteiger partial charge on any atom is 0.255 e. The number of fused-ring (bicyclic) bond motifs is 4. The summed E-state index contributed by atoms with van der Waals surface area (Å²) in [6, 6.07) is 12.3. The van der Waals surface area contributed by atoms with Gasteiger partial charge in [0.2, 0.25) is 0 Å². The minimum Gasteiger partial charge on any atom is -0.370 e. The lowest BCUT2D eigenvalue weighted by molar-refractivity contribution is 0.102. The highest BCUT2D eigenvalue weighted by Gasteiger charge is 2.42. The molecule has 29 heavy (non-hydrogen) atoms. The van der Waals surface area contributed by atoms with Crippen LogP contribution in [0, 0.1) is 18.8 Å². The fourth-order valence-corrected chi connectivity index (χ4v) is 5.86. The number of amides is 1. The molecule has 0 unspecified atom stereocenters. The van der Waals surface area contributed by atoms with Crippen LogP contribution >= 0.6 is 0 Å². The van der Waals surface area contributed by atoms with E-state index in [0.29, 0.717) is 29.2 Å². The molecule has 2 aliphatic heterocycles. The lowest BCUT2D eigenvalue weighted by Gasteiger charge is -2.46. The van der Waals surface area contributed by atoms with Crippen molar-refractivity contribution in [1.29, 1.82) is 0 Å². The Morgan fingerprint density at radius 1 is 0.931 bits per heavy atom. The van der Waals surface area contributed by atoms with Gasteiger partial charge >= 0.3 is 0 Å². The van der Waals surface area contributed by atoms with E-state index in [0.717, 1.165) is 24.3 Å². The van der Waals surface area contributed by atoms with E-state index in [4.69, 9.17) is 0 Å². The zero-order valence-corrected chi connectivity index (χ0v) is 16.8. The second-order valence-corrected chi connectivity index (χ2v) is 9.13. The van der Waals surface area contributed by atoms with Crippen LogP contribution < -0.4 is 10.2 Å². The Morgan fingerprint density at radius 2 is 1.52 bits per heavy atom. The van der Waals surface area contributed by atoms with Crippen molar-refractivity contribution in [2.75, 3.05) is 23.3 Å². The van der Waals surface area contributed by atoms with Crippen LogP contribution in [0.3, 0.4) is 0 Å². The summed E-state index contributed by atoms with van der Waals surface area (Å²) < 4.78 is 0. The fraction of sp³-hybridized carbons (Fsp3) is 0.346. The van der Waals surface area contributed by atoms with Gasteiger partial charge in [0.05, 0.1) is 0 Å². The van der Waals surface area contributed by atoms with Gasteiger partial charge in [-0.25, -0.2) is 0 Å². The van der Waals surface area contributed by atoms with Crippen molar-refractivity contribution in [1.82, 2.24) is 0 Å². The van der Waals surface area contributed by atoms with Crippen molar-refractivity contribution in [3.63, 3.8) is 0 Å². The van der Waals surface area contributed by atoms with Gasteiger partial charge in [0, 0.05) is 41.9 Å². The second kappa shape index (κ2) is 6.35. The smallest absolute Gasteiger partial charge is 0.255 e. The van der Waals surface area contributed by atoms with Gasteiger partial charge in [0.25, 0.3) is 5.91 Å². The van der Waals surface area contributed by atoms with Gasteiger partial charge in [-0.1, -0.05) is 42.0 Å². The molecule has 0 saturated carbocycles.